The molecule has 0 radical (unpaired) electrons. The van der Waals surface area contributed by atoms with Crippen molar-refractivity contribution in [3.8, 4) is 5.69 Å². The standard InChI is InChI=1S/C18H21N3/c1-5-14-7-9-15(10-8-14)21-16-11-12(3)19-13(4)18(16)20-17(21)6-2/h7-11H,5-6H2,1-4H3. The number of fused-ring (bicyclic) bond motifs is 1. The summed E-state index contributed by atoms with van der Waals surface area (Å²) in [7, 11) is 0. The van der Waals surface area contributed by atoms with Gasteiger partial charge in [0.1, 0.15) is 11.3 Å². The molecule has 3 nitrogen and oxygen atoms in total. The largest absolute Gasteiger partial charge is 0.296 e. The molecule has 0 bridgehead atoms. The van der Waals surface area contributed by atoms with E-state index >= 15 is 0 Å². The van der Waals surface area contributed by atoms with Gasteiger partial charge in [0.15, 0.2) is 0 Å². The monoisotopic (exact) mass is 279 g/mol. The van der Waals surface area contributed by atoms with Crippen LogP contribution in [0.5, 0.6) is 0 Å². The number of pyridine rings is 1. The van der Waals surface area contributed by atoms with Crippen LogP contribution in [0.4, 0.5) is 0 Å². The third-order valence-corrected chi connectivity index (χ3v) is 3.93. The van der Waals surface area contributed by atoms with Gasteiger partial charge in [0.25, 0.3) is 0 Å². The number of hydrogen-bond acceptors (Lipinski definition) is 2. The average Bonchev–Trinajstić information content (AvgIpc) is 2.86. The molecule has 21 heavy (non-hydrogen) atoms. The molecule has 0 aliphatic carbocycles. The molecule has 108 valence electrons. The van der Waals surface area contributed by atoms with Crippen molar-refractivity contribution in [1.29, 1.82) is 0 Å². The second kappa shape index (κ2) is 5.32. The van der Waals surface area contributed by atoms with Gasteiger partial charge in [0.2, 0.25) is 0 Å². The highest BCUT2D eigenvalue weighted by Crippen LogP contribution is 2.24. The van der Waals surface area contributed by atoms with Crippen LogP contribution >= 0.6 is 0 Å². The quantitative estimate of drug-likeness (QED) is 0.720. The summed E-state index contributed by atoms with van der Waals surface area (Å²) in [5.41, 5.74) is 6.74. The molecule has 0 atom stereocenters. The third kappa shape index (κ3) is 2.33. The maximum absolute atomic E-state index is 4.79. The predicted molar refractivity (Wildman–Crippen MR) is 87.1 cm³/mol. The minimum atomic E-state index is 0.905. The molecule has 2 heterocycles. The molecule has 2 aromatic heterocycles. The van der Waals surface area contributed by atoms with Gasteiger partial charge in [-0.25, -0.2) is 4.98 Å². The van der Waals surface area contributed by atoms with Crippen LogP contribution in [0.2, 0.25) is 0 Å². The van der Waals surface area contributed by atoms with Crippen molar-refractivity contribution < 1.29 is 0 Å². The van der Waals surface area contributed by atoms with Crippen molar-refractivity contribution >= 4 is 11.0 Å². The predicted octanol–water partition coefficient (Wildman–Crippen LogP) is 4.16. The molecule has 0 amide bonds. The number of aryl methyl sites for hydroxylation is 4. The Hall–Kier alpha value is -2.16. The number of imidazole rings is 1. The molecule has 0 saturated carbocycles. The third-order valence-electron chi connectivity index (χ3n) is 3.93. The summed E-state index contributed by atoms with van der Waals surface area (Å²) < 4.78 is 2.26. The maximum Gasteiger partial charge on any atom is 0.114 e. The summed E-state index contributed by atoms with van der Waals surface area (Å²) >= 11 is 0. The highest BCUT2D eigenvalue weighted by Gasteiger charge is 2.14. The molecule has 0 spiro atoms. The normalized spacial score (nSPS) is 11.2. The molecule has 3 rings (SSSR count). The number of benzene rings is 1. The molecule has 0 unspecified atom stereocenters. The lowest BCUT2D eigenvalue weighted by Crippen LogP contribution is -2.00. The first-order valence-electron chi connectivity index (χ1n) is 7.59. The van der Waals surface area contributed by atoms with E-state index in [1.807, 2.05) is 13.8 Å². The van der Waals surface area contributed by atoms with Gasteiger partial charge in [0.05, 0.1) is 11.2 Å². The van der Waals surface area contributed by atoms with Gasteiger partial charge in [0, 0.05) is 17.8 Å². The van der Waals surface area contributed by atoms with Gasteiger partial charge in [-0.3, -0.25) is 9.55 Å². The number of rotatable bonds is 3. The van der Waals surface area contributed by atoms with E-state index in [0.29, 0.717) is 0 Å². The summed E-state index contributed by atoms with van der Waals surface area (Å²) in [6.45, 7) is 8.40. The lowest BCUT2D eigenvalue weighted by atomic mass is 10.1. The Balaban J connectivity index is 2.28. The van der Waals surface area contributed by atoms with Crippen LogP contribution in [-0.2, 0) is 12.8 Å². The highest BCUT2D eigenvalue weighted by molar-refractivity contribution is 5.80. The Bertz CT molecular complexity index is 782. The first-order valence-corrected chi connectivity index (χ1v) is 7.59. The Kier molecular flexibility index (Phi) is 3.50. The van der Waals surface area contributed by atoms with Crippen molar-refractivity contribution in [3.05, 3.63) is 53.1 Å². The SMILES string of the molecule is CCc1ccc(-n2c(CC)nc3c(C)nc(C)cc32)cc1. The van der Waals surface area contributed by atoms with Crippen molar-refractivity contribution in [1.82, 2.24) is 14.5 Å². The Morgan fingerprint density at radius 1 is 0.952 bits per heavy atom. The van der Waals surface area contributed by atoms with Gasteiger partial charge < -0.3 is 0 Å². The van der Waals surface area contributed by atoms with E-state index in [2.05, 4.69) is 53.7 Å². The summed E-state index contributed by atoms with van der Waals surface area (Å²) in [6, 6.07) is 10.9. The number of nitrogens with zero attached hydrogens (tertiary/aromatic N) is 3. The second-order valence-corrected chi connectivity index (χ2v) is 5.45. The zero-order valence-electron chi connectivity index (χ0n) is 13.1. The summed E-state index contributed by atoms with van der Waals surface area (Å²) in [4.78, 5) is 9.33. The lowest BCUT2D eigenvalue weighted by Gasteiger charge is -2.09. The fraction of sp³-hybridized carbons (Fsp3) is 0.333. The molecule has 3 aromatic rings. The van der Waals surface area contributed by atoms with Crippen LogP contribution in [0, 0.1) is 13.8 Å². The Morgan fingerprint density at radius 3 is 2.29 bits per heavy atom. The molecule has 0 N–H and O–H groups in total. The van der Waals surface area contributed by atoms with E-state index in [4.69, 9.17) is 4.98 Å². The number of hydrogen-bond donors (Lipinski definition) is 0. The van der Waals surface area contributed by atoms with Crippen molar-refractivity contribution in [2.24, 2.45) is 0 Å². The molecule has 0 saturated heterocycles. The smallest absolute Gasteiger partial charge is 0.114 e. The van der Waals surface area contributed by atoms with Gasteiger partial charge in [-0.1, -0.05) is 26.0 Å². The maximum atomic E-state index is 4.79. The molecular formula is C18H21N3. The van der Waals surface area contributed by atoms with E-state index in [1.165, 1.54) is 11.3 Å². The Labute approximate surface area is 125 Å². The molecular weight excluding hydrogens is 258 g/mol. The van der Waals surface area contributed by atoms with E-state index in [1.54, 1.807) is 0 Å². The number of aromatic nitrogens is 3. The van der Waals surface area contributed by atoms with Crippen LogP contribution < -0.4 is 0 Å². The summed E-state index contributed by atoms with van der Waals surface area (Å²) in [5.74, 6) is 1.09. The van der Waals surface area contributed by atoms with Crippen LogP contribution in [-0.4, -0.2) is 14.5 Å². The molecule has 1 aromatic carbocycles. The average molecular weight is 279 g/mol. The minimum absolute atomic E-state index is 0.905. The van der Waals surface area contributed by atoms with E-state index in [0.717, 1.165) is 41.1 Å². The van der Waals surface area contributed by atoms with Crippen LogP contribution in [0.1, 0.15) is 36.6 Å². The minimum Gasteiger partial charge on any atom is -0.296 e. The molecule has 0 fully saturated rings. The second-order valence-electron chi connectivity index (χ2n) is 5.45. The lowest BCUT2D eigenvalue weighted by molar-refractivity contribution is 0.907. The van der Waals surface area contributed by atoms with Crippen LogP contribution in [0.15, 0.2) is 30.3 Å². The van der Waals surface area contributed by atoms with Crippen LogP contribution in [0.3, 0.4) is 0 Å². The van der Waals surface area contributed by atoms with Gasteiger partial charge in [-0.2, -0.15) is 0 Å². The van der Waals surface area contributed by atoms with E-state index < -0.39 is 0 Å². The zero-order valence-corrected chi connectivity index (χ0v) is 13.1. The van der Waals surface area contributed by atoms with Crippen LogP contribution in [0.25, 0.3) is 16.7 Å². The summed E-state index contributed by atoms with van der Waals surface area (Å²) in [6.07, 6.45) is 1.97. The molecule has 0 aliphatic rings. The van der Waals surface area contributed by atoms with Gasteiger partial charge in [-0.05, 0) is 44.0 Å². The summed E-state index contributed by atoms with van der Waals surface area (Å²) in [5, 5.41) is 0. The zero-order chi connectivity index (χ0) is 15.0. The molecule has 3 heteroatoms. The first kappa shape index (κ1) is 13.8. The van der Waals surface area contributed by atoms with Gasteiger partial charge >= 0.3 is 0 Å². The van der Waals surface area contributed by atoms with Crippen molar-refractivity contribution in [2.75, 3.05) is 0 Å². The van der Waals surface area contributed by atoms with Gasteiger partial charge in [-0.15, -0.1) is 0 Å². The first-order chi connectivity index (χ1) is 10.1. The molecule has 0 aliphatic heterocycles. The van der Waals surface area contributed by atoms with Crippen molar-refractivity contribution in [2.45, 2.75) is 40.5 Å². The van der Waals surface area contributed by atoms with E-state index in [-0.39, 0.29) is 0 Å². The fourth-order valence-corrected chi connectivity index (χ4v) is 2.83. The van der Waals surface area contributed by atoms with E-state index in [9.17, 15) is 0 Å². The fourth-order valence-electron chi connectivity index (χ4n) is 2.83. The highest BCUT2D eigenvalue weighted by atomic mass is 15.1. The van der Waals surface area contributed by atoms with Crippen molar-refractivity contribution in [3.63, 3.8) is 0 Å². The Morgan fingerprint density at radius 2 is 1.67 bits per heavy atom. The topological polar surface area (TPSA) is 30.7 Å².